The third kappa shape index (κ3) is 3.92. The molecule has 31 heavy (non-hydrogen) atoms. The van der Waals surface area contributed by atoms with Crippen molar-refractivity contribution in [3.8, 4) is 0 Å². The molecule has 0 unspecified atom stereocenters. The number of nitrogens with zero attached hydrogens (tertiary/aromatic N) is 5. The van der Waals surface area contributed by atoms with E-state index in [-0.39, 0.29) is 24.4 Å². The van der Waals surface area contributed by atoms with Gasteiger partial charge >= 0.3 is 0 Å². The van der Waals surface area contributed by atoms with E-state index in [1.165, 1.54) is 6.33 Å². The van der Waals surface area contributed by atoms with Crippen LogP contribution in [0, 0.1) is 0 Å². The van der Waals surface area contributed by atoms with Crippen LogP contribution in [0.15, 0.2) is 18.5 Å². The van der Waals surface area contributed by atoms with Gasteiger partial charge in [-0.15, -0.1) is 0 Å². The lowest BCUT2D eigenvalue weighted by atomic mass is 10.0. The standard InChI is InChI=1S/C21H32N6O4/c1-21(2)30-18-16(10-26-7-8-28-11-13(26)9-25(3)4)29-17(19(18)31-21)14-5-6-15-20(22)23-12-24-27(14)15/h5-6,12-13,16-19H,7-11H2,1-4H3,(H2,22,23,24)/t13-,16-,17+,18-,19+/m1/s1. The maximum Gasteiger partial charge on any atom is 0.164 e. The van der Waals surface area contributed by atoms with Gasteiger partial charge in [-0.3, -0.25) is 4.90 Å². The number of hydrogen-bond acceptors (Lipinski definition) is 9. The lowest BCUT2D eigenvalue weighted by Crippen LogP contribution is -2.53. The van der Waals surface area contributed by atoms with E-state index >= 15 is 0 Å². The van der Waals surface area contributed by atoms with Crippen LogP contribution in [0.3, 0.4) is 0 Å². The maximum atomic E-state index is 6.60. The van der Waals surface area contributed by atoms with E-state index in [2.05, 4.69) is 34.0 Å². The molecular formula is C21H32N6O4. The molecule has 5 heterocycles. The summed E-state index contributed by atoms with van der Waals surface area (Å²) in [5.41, 5.74) is 7.69. The quantitative estimate of drug-likeness (QED) is 0.725. The number of rotatable bonds is 5. The van der Waals surface area contributed by atoms with Crippen molar-refractivity contribution in [3.05, 3.63) is 24.2 Å². The van der Waals surface area contributed by atoms with Crippen LogP contribution in [0.5, 0.6) is 0 Å². The summed E-state index contributed by atoms with van der Waals surface area (Å²) in [5, 5.41) is 4.40. The van der Waals surface area contributed by atoms with Gasteiger partial charge in [-0.2, -0.15) is 5.10 Å². The molecule has 170 valence electrons. The molecule has 3 fully saturated rings. The summed E-state index contributed by atoms with van der Waals surface area (Å²) in [7, 11) is 4.18. The smallest absolute Gasteiger partial charge is 0.164 e. The Labute approximate surface area is 182 Å². The Kier molecular flexibility index (Phi) is 5.40. The fourth-order valence-corrected chi connectivity index (χ4v) is 5.01. The monoisotopic (exact) mass is 432 g/mol. The molecule has 0 amide bonds. The van der Waals surface area contributed by atoms with Gasteiger partial charge in [-0.05, 0) is 40.1 Å². The first-order chi connectivity index (χ1) is 14.8. The Morgan fingerprint density at radius 3 is 2.84 bits per heavy atom. The summed E-state index contributed by atoms with van der Waals surface area (Å²) in [6.07, 6.45) is 0.659. The van der Waals surface area contributed by atoms with Gasteiger partial charge in [-0.25, -0.2) is 9.50 Å². The molecule has 5 rings (SSSR count). The topological polar surface area (TPSA) is 99.6 Å². The van der Waals surface area contributed by atoms with E-state index in [4.69, 9.17) is 24.7 Å². The van der Waals surface area contributed by atoms with Crippen molar-refractivity contribution in [1.82, 2.24) is 24.4 Å². The number of aromatic nitrogens is 3. The second-order valence-corrected chi connectivity index (χ2v) is 9.35. The van der Waals surface area contributed by atoms with Crippen molar-refractivity contribution in [1.29, 1.82) is 0 Å². The molecule has 3 aliphatic rings. The van der Waals surface area contributed by atoms with Crippen LogP contribution in [0.4, 0.5) is 5.82 Å². The summed E-state index contributed by atoms with van der Waals surface area (Å²) in [5.74, 6) is -0.221. The predicted octanol–water partition coefficient (Wildman–Crippen LogP) is 0.534. The Morgan fingerprint density at radius 1 is 1.23 bits per heavy atom. The first-order valence-corrected chi connectivity index (χ1v) is 10.9. The number of morpholine rings is 1. The minimum atomic E-state index is -0.662. The molecule has 5 atom stereocenters. The lowest BCUT2D eigenvalue weighted by Gasteiger charge is -2.38. The van der Waals surface area contributed by atoms with Crippen molar-refractivity contribution < 1.29 is 18.9 Å². The number of ether oxygens (including phenoxy) is 4. The first kappa shape index (κ1) is 21.0. The van der Waals surface area contributed by atoms with Crippen LogP contribution in [0.1, 0.15) is 25.6 Å². The molecule has 0 spiro atoms. The third-order valence-electron chi connectivity index (χ3n) is 6.29. The van der Waals surface area contributed by atoms with E-state index < -0.39 is 5.79 Å². The molecule has 3 aliphatic heterocycles. The van der Waals surface area contributed by atoms with E-state index in [1.807, 2.05) is 26.0 Å². The average Bonchev–Trinajstić information content (AvgIpc) is 3.35. The zero-order chi connectivity index (χ0) is 21.8. The van der Waals surface area contributed by atoms with E-state index in [0.717, 1.165) is 44.1 Å². The largest absolute Gasteiger partial charge is 0.382 e. The number of hydrogen-bond donors (Lipinski definition) is 1. The molecular weight excluding hydrogens is 400 g/mol. The highest BCUT2D eigenvalue weighted by atomic mass is 16.8. The van der Waals surface area contributed by atoms with Crippen LogP contribution >= 0.6 is 0 Å². The SMILES string of the molecule is CN(C)C[C@@H]1COCCN1C[C@H]1O[C@@H](c2ccc3c(N)ncnn23)[C@@H]2OC(C)(C)O[C@@H]21. The highest BCUT2D eigenvalue weighted by molar-refractivity contribution is 5.65. The Hall–Kier alpha value is -1.82. The van der Waals surface area contributed by atoms with E-state index in [1.54, 1.807) is 4.52 Å². The molecule has 10 heteroatoms. The summed E-state index contributed by atoms with van der Waals surface area (Å²) >= 11 is 0. The fraction of sp³-hybridized carbons (Fsp3) is 0.714. The predicted molar refractivity (Wildman–Crippen MR) is 114 cm³/mol. The second-order valence-electron chi connectivity index (χ2n) is 9.35. The minimum Gasteiger partial charge on any atom is -0.382 e. The van der Waals surface area contributed by atoms with Crippen molar-refractivity contribution >= 4 is 11.3 Å². The van der Waals surface area contributed by atoms with Crippen molar-refractivity contribution in [3.63, 3.8) is 0 Å². The highest BCUT2D eigenvalue weighted by Gasteiger charge is 2.56. The fourth-order valence-electron chi connectivity index (χ4n) is 5.01. The van der Waals surface area contributed by atoms with Crippen LogP contribution in [-0.2, 0) is 18.9 Å². The summed E-state index contributed by atoms with van der Waals surface area (Å²) < 4.78 is 26.8. The van der Waals surface area contributed by atoms with Crippen LogP contribution in [0.25, 0.3) is 5.52 Å². The van der Waals surface area contributed by atoms with Gasteiger partial charge < -0.3 is 29.6 Å². The normalized spacial score (nSPS) is 33.4. The molecule has 0 bridgehead atoms. The Morgan fingerprint density at radius 2 is 2.03 bits per heavy atom. The van der Waals surface area contributed by atoms with Crippen molar-refractivity contribution in [2.75, 3.05) is 52.7 Å². The van der Waals surface area contributed by atoms with Gasteiger partial charge in [0.1, 0.15) is 36.3 Å². The van der Waals surface area contributed by atoms with Gasteiger partial charge in [0.15, 0.2) is 11.6 Å². The zero-order valence-corrected chi connectivity index (χ0v) is 18.6. The van der Waals surface area contributed by atoms with Gasteiger partial charge in [0.05, 0.1) is 18.9 Å². The van der Waals surface area contributed by atoms with Crippen LogP contribution in [-0.4, -0.2) is 101 Å². The Bertz CT molecular complexity index is 934. The number of anilines is 1. The molecule has 0 aliphatic carbocycles. The molecule has 3 saturated heterocycles. The third-order valence-corrected chi connectivity index (χ3v) is 6.29. The van der Waals surface area contributed by atoms with Crippen molar-refractivity contribution in [2.45, 2.75) is 50.1 Å². The number of nitrogen functional groups attached to an aromatic ring is 1. The van der Waals surface area contributed by atoms with Crippen molar-refractivity contribution in [2.24, 2.45) is 0 Å². The van der Waals surface area contributed by atoms with Crippen LogP contribution < -0.4 is 5.73 Å². The number of likely N-dealkylation sites (N-methyl/N-ethyl adjacent to an activating group) is 1. The lowest BCUT2D eigenvalue weighted by molar-refractivity contribution is -0.191. The highest BCUT2D eigenvalue weighted by Crippen LogP contribution is 2.45. The summed E-state index contributed by atoms with van der Waals surface area (Å²) in [4.78, 5) is 8.74. The number of nitrogens with two attached hydrogens (primary N) is 1. The van der Waals surface area contributed by atoms with E-state index in [9.17, 15) is 0 Å². The molecule has 2 aromatic rings. The molecule has 0 aromatic carbocycles. The average molecular weight is 433 g/mol. The maximum absolute atomic E-state index is 6.60. The Balaban J connectivity index is 1.42. The minimum absolute atomic E-state index is 0.121. The first-order valence-electron chi connectivity index (χ1n) is 10.9. The summed E-state index contributed by atoms with van der Waals surface area (Å²) in [6, 6.07) is 4.23. The van der Waals surface area contributed by atoms with Gasteiger partial charge in [0, 0.05) is 25.7 Å². The molecule has 0 saturated carbocycles. The zero-order valence-electron chi connectivity index (χ0n) is 18.6. The molecule has 2 aromatic heterocycles. The summed E-state index contributed by atoms with van der Waals surface area (Å²) in [6.45, 7) is 7.95. The van der Waals surface area contributed by atoms with Crippen LogP contribution in [0.2, 0.25) is 0 Å². The number of fused-ring (bicyclic) bond motifs is 2. The second kappa shape index (κ2) is 7.95. The van der Waals surface area contributed by atoms with Gasteiger partial charge in [0.25, 0.3) is 0 Å². The molecule has 0 radical (unpaired) electrons. The molecule has 10 nitrogen and oxygen atoms in total. The van der Waals surface area contributed by atoms with Gasteiger partial charge in [-0.1, -0.05) is 0 Å². The van der Waals surface area contributed by atoms with Gasteiger partial charge in [0.2, 0.25) is 0 Å². The van der Waals surface area contributed by atoms with E-state index in [0.29, 0.717) is 11.9 Å². The molecule has 2 N–H and O–H groups in total.